The van der Waals surface area contributed by atoms with E-state index in [-0.39, 0.29) is 23.1 Å². The summed E-state index contributed by atoms with van der Waals surface area (Å²) in [5, 5.41) is 0.0184. The maximum absolute atomic E-state index is 13.3. The first kappa shape index (κ1) is 15.1. The standard InChI is InChI=1S/C14H18ClFO2/c1-4-18-14(9(2)3)12(17)8-10-6-5-7-11(16)13(10)15/h5-7,9,14H,4,8H2,1-3H3. The summed E-state index contributed by atoms with van der Waals surface area (Å²) in [6, 6.07) is 4.49. The monoisotopic (exact) mass is 272 g/mol. The Kier molecular flexibility index (Phi) is 5.76. The second-order valence-electron chi connectivity index (χ2n) is 4.48. The molecule has 1 atom stereocenters. The van der Waals surface area contributed by atoms with Gasteiger partial charge in [0.2, 0.25) is 0 Å². The van der Waals surface area contributed by atoms with Gasteiger partial charge in [0.1, 0.15) is 11.9 Å². The van der Waals surface area contributed by atoms with Crippen LogP contribution in [0.5, 0.6) is 0 Å². The van der Waals surface area contributed by atoms with Crippen molar-refractivity contribution >= 4 is 17.4 Å². The molecule has 0 saturated heterocycles. The molecule has 1 rings (SSSR count). The van der Waals surface area contributed by atoms with Crippen molar-refractivity contribution in [3.05, 3.63) is 34.6 Å². The zero-order chi connectivity index (χ0) is 13.7. The van der Waals surface area contributed by atoms with Gasteiger partial charge in [-0.2, -0.15) is 0 Å². The Morgan fingerprint density at radius 1 is 1.44 bits per heavy atom. The maximum Gasteiger partial charge on any atom is 0.166 e. The molecule has 0 N–H and O–H groups in total. The summed E-state index contributed by atoms with van der Waals surface area (Å²) in [5.74, 6) is -0.483. The number of hydrogen-bond acceptors (Lipinski definition) is 2. The van der Waals surface area contributed by atoms with Crippen LogP contribution >= 0.6 is 11.6 Å². The number of ketones is 1. The summed E-state index contributed by atoms with van der Waals surface area (Å²) in [5.41, 5.74) is 0.506. The van der Waals surface area contributed by atoms with Gasteiger partial charge in [0.15, 0.2) is 5.78 Å². The van der Waals surface area contributed by atoms with Crippen LogP contribution in [0.2, 0.25) is 5.02 Å². The van der Waals surface area contributed by atoms with E-state index in [0.29, 0.717) is 12.2 Å². The molecule has 0 aliphatic carbocycles. The quantitative estimate of drug-likeness (QED) is 0.790. The molecule has 4 heteroatoms. The number of benzene rings is 1. The highest BCUT2D eigenvalue weighted by atomic mass is 35.5. The number of carbonyl (C=O) groups excluding carboxylic acids is 1. The van der Waals surface area contributed by atoms with Crippen LogP contribution < -0.4 is 0 Å². The van der Waals surface area contributed by atoms with Crippen LogP contribution in [0, 0.1) is 11.7 Å². The predicted molar refractivity (Wildman–Crippen MR) is 70.4 cm³/mol. The Labute approximate surface area is 112 Å². The second-order valence-corrected chi connectivity index (χ2v) is 4.85. The van der Waals surface area contributed by atoms with E-state index in [4.69, 9.17) is 16.3 Å². The molecular formula is C14H18ClFO2. The van der Waals surface area contributed by atoms with Gasteiger partial charge in [-0.15, -0.1) is 0 Å². The van der Waals surface area contributed by atoms with Crippen LogP contribution in [-0.2, 0) is 16.0 Å². The molecule has 100 valence electrons. The minimum absolute atomic E-state index is 0.0184. The maximum atomic E-state index is 13.3. The smallest absolute Gasteiger partial charge is 0.166 e. The number of carbonyl (C=O) groups is 1. The summed E-state index contributed by atoms with van der Waals surface area (Å²) in [6.45, 7) is 6.17. The topological polar surface area (TPSA) is 26.3 Å². The van der Waals surface area contributed by atoms with Crippen molar-refractivity contribution in [3.63, 3.8) is 0 Å². The number of halogens is 2. The van der Waals surface area contributed by atoms with Gasteiger partial charge in [-0.3, -0.25) is 4.79 Å². The van der Waals surface area contributed by atoms with E-state index < -0.39 is 11.9 Å². The molecule has 0 saturated carbocycles. The van der Waals surface area contributed by atoms with E-state index >= 15 is 0 Å². The Morgan fingerprint density at radius 3 is 2.67 bits per heavy atom. The van der Waals surface area contributed by atoms with Crippen LogP contribution in [0.4, 0.5) is 4.39 Å². The Bertz CT molecular complexity index is 418. The Hall–Kier alpha value is -0.930. The van der Waals surface area contributed by atoms with E-state index in [2.05, 4.69) is 0 Å². The molecule has 0 aliphatic heterocycles. The lowest BCUT2D eigenvalue weighted by atomic mass is 9.97. The lowest BCUT2D eigenvalue weighted by molar-refractivity contribution is -0.132. The normalized spacial score (nSPS) is 12.8. The predicted octanol–water partition coefficient (Wildman–Crippen LogP) is 3.65. The van der Waals surface area contributed by atoms with E-state index in [1.807, 2.05) is 20.8 Å². The largest absolute Gasteiger partial charge is 0.370 e. The van der Waals surface area contributed by atoms with Crippen molar-refractivity contribution in [1.82, 2.24) is 0 Å². The summed E-state index contributed by atoms with van der Waals surface area (Å²) in [4.78, 5) is 12.1. The molecule has 0 bridgehead atoms. The molecule has 0 fully saturated rings. The highest BCUT2D eigenvalue weighted by molar-refractivity contribution is 6.31. The van der Waals surface area contributed by atoms with Gasteiger partial charge in [-0.1, -0.05) is 37.6 Å². The fourth-order valence-electron chi connectivity index (χ4n) is 1.81. The van der Waals surface area contributed by atoms with Crippen LogP contribution in [0.1, 0.15) is 26.3 Å². The average Bonchev–Trinajstić information content (AvgIpc) is 2.31. The lowest BCUT2D eigenvalue weighted by Gasteiger charge is -2.19. The van der Waals surface area contributed by atoms with Crippen molar-refractivity contribution in [3.8, 4) is 0 Å². The Morgan fingerprint density at radius 2 is 2.11 bits per heavy atom. The molecule has 1 aromatic carbocycles. The molecule has 0 radical (unpaired) electrons. The lowest BCUT2D eigenvalue weighted by Crippen LogP contribution is -2.31. The van der Waals surface area contributed by atoms with Gasteiger partial charge >= 0.3 is 0 Å². The number of rotatable bonds is 6. The first-order chi connectivity index (χ1) is 8.47. The van der Waals surface area contributed by atoms with Gasteiger partial charge < -0.3 is 4.74 Å². The molecule has 1 aromatic rings. The number of Topliss-reactive ketones (excluding diaryl/α,β-unsaturated/α-hetero) is 1. The van der Waals surface area contributed by atoms with E-state index in [0.717, 1.165) is 0 Å². The highest BCUT2D eigenvalue weighted by Gasteiger charge is 2.23. The van der Waals surface area contributed by atoms with Crippen molar-refractivity contribution in [2.24, 2.45) is 5.92 Å². The second kappa shape index (κ2) is 6.86. The van der Waals surface area contributed by atoms with Crippen LogP contribution in [0.3, 0.4) is 0 Å². The fourth-order valence-corrected chi connectivity index (χ4v) is 2.00. The average molecular weight is 273 g/mol. The first-order valence-corrected chi connectivity index (χ1v) is 6.42. The zero-order valence-corrected chi connectivity index (χ0v) is 11.6. The summed E-state index contributed by atoms with van der Waals surface area (Å²) in [7, 11) is 0. The summed E-state index contributed by atoms with van der Waals surface area (Å²) in [6.07, 6.45) is -0.367. The summed E-state index contributed by atoms with van der Waals surface area (Å²) >= 11 is 5.83. The molecule has 0 aliphatic rings. The number of hydrogen-bond donors (Lipinski definition) is 0. The molecule has 2 nitrogen and oxygen atoms in total. The molecule has 0 amide bonds. The molecule has 0 spiro atoms. The third-order valence-corrected chi connectivity index (χ3v) is 3.09. The molecule has 0 aromatic heterocycles. The third-order valence-electron chi connectivity index (χ3n) is 2.67. The minimum Gasteiger partial charge on any atom is -0.370 e. The molecule has 18 heavy (non-hydrogen) atoms. The fraction of sp³-hybridized carbons (Fsp3) is 0.500. The van der Waals surface area contributed by atoms with E-state index in [9.17, 15) is 9.18 Å². The van der Waals surface area contributed by atoms with Crippen LogP contribution in [0.25, 0.3) is 0 Å². The van der Waals surface area contributed by atoms with Crippen LogP contribution in [0.15, 0.2) is 18.2 Å². The highest BCUT2D eigenvalue weighted by Crippen LogP contribution is 2.21. The third kappa shape index (κ3) is 3.79. The van der Waals surface area contributed by atoms with Gasteiger partial charge in [0.05, 0.1) is 5.02 Å². The van der Waals surface area contributed by atoms with E-state index in [1.165, 1.54) is 6.07 Å². The molecule has 0 heterocycles. The van der Waals surface area contributed by atoms with Crippen molar-refractivity contribution in [1.29, 1.82) is 0 Å². The first-order valence-electron chi connectivity index (χ1n) is 6.04. The van der Waals surface area contributed by atoms with Gasteiger partial charge in [0.25, 0.3) is 0 Å². The minimum atomic E-state index is -0.500. The molecular weight excluding hydrogens is 255 g/mol. The number of ether oxygens (including phenoxy) is 1. The zero-order valence-electron chi connectivity index (χ0n) is 10.9. The van der Waals surface area contributed by atoms with Gasteiger partial charge in [-0.05, 0) is 24.5 Å². The Balaban J connectivity index is 2.82. The summed E-state index contributed by atoms with van der Waals surface area (Å²) < 4.78 is 18.7. The SMILES string of the molecule is CCOC(C(=O)Cc1cccc(F)c1Cl)C(C)C. The van der Waals surface area contributed by atoms with Crippen molar-refractivity contribution in [2.45, 2.75) is 33.3 Å². The van der Waals surface area contributed by atoms with Gasteiger partial charge in [-0.25, -0.2) is 4.39 Å². The van der Waals surface area contributed by atoms with Crippen molar-refractivity contribution < 1.29 is 13.9 Å². The van der Waals surface area contributed by atoms with Gasteiger partial charge in [0, 0.05) is 13.0 Å². The van der Waals surface area contributed by atoms with Crippen molar-refractivity contribution in [2.75, 3.05) is 6.61 Å². The van der Waals surface area contributed by atoms with Crippen LogP contribution in [-0.4, -0.2) is 18.5 Å². The molecule has 1 unspecified atom stereocenters. The van der Waals surface area contributed by atoms with E-state index in [1.54, 1.807) is 12.1 Å².